The first-order chi connectivity index (χ1) is 46.3. The lowest BCUT2D eigenvalue weighted by atomic mass is 9.99. The van der Waals surface area contributed by atoms with E-state index in [0.717, 1.165) is 114 Å². The summed E-state index contributed by atoms with van der Waals surface area (Å²) in [6.45, 7) is 11.9. The van der Waals surface area contributed by atoms with Crippen LogP contribution < -0.4 is 0 Å². The first-order valence-electron chi connectivity index (χ1n) is 39.9. The molecule has 0 aromatic heterocycles. The Bertz CT molecular complexity index is 1870. The zero-order valence-electron chi connectivity index (χ0n) is 62.8. The van der Waals surface area contributed by atoms with Crippen molar-refractivity contribution in [3.8, 4) is 0 Å². The summed E-state index contributed by atoms with van der Waals surface area (Å²) in [5.41, 5.74) is 0. The third-order valence-electron chi connectivity index (χ3n) is 18.2. The molecule has 0 aliphatic rings. The van der Waals surface area contributed by atoms with Crippen LogP contribution in [0.4, 0.5) is 0 Å². The van der Waals surface area contributed by atoms with Gasteiger partial charge in [-0.2, -0.15) is 0 Å². The molecule has 19 heteroatoms. The predicted molar refractivity (Wildman–Crippen MR) is 391 cm³/mol. The van der Waals surface area contributed by atoms with Crippen molar-refractivity contribution in [3.63, 3.8) is 0 Å². The van der Waals surface area contributed by atoms with E-state index in [4.69, 9.17) is 37.0 Å². The van der Waals surface area contributed by atoms with Gasteiger partial charge in [-0.05, 0) is 43.4 Å². The molecule has 0 rings (SSSR count). The topological polar surface area (TPSA) is 237 Å². The number of ether oxygens (including phenoxy) is 4. The molecule has 0 fully saturated rings. The Morgan fingerprint density at radius 2 is 0.531 bits per heavy atom. The maximum absolute atomic E-state index is 13.1. The molecule has 3 N–H and O–H groups in total. The number of carbonyl (C=O) groups is 4. The van der Waals surface area contributed by atoms with Crippen LogP contribution in [0, 0.1) is 17.8 Å². The number of phosphoric ester groups is 2. The highest BCUT2D eigenvalue weighted by atomic mass is 31.2. The minimum atomic E-state index is -4.96. The highest BCUT2D eigenvalue weighted by Crippen LogP contribution is 2.45. The molecule has 570 valence electrons. The van der Waals surface area contributed by atoms with Gasteiger partial charge < -0.3 is 33.8 Å². The first kappa shape index (κ1) is 94.1. The summed E-state index contributed by atoms with van der Waals surface area (Å²) < 4.78 is 68.5. The standard InChI is InChI=1S/C77H150O17P2/c1-8-10-11-12-13-37-44-51-58-74(79)87-64-72(94-77(82)61-54-47-40-33-27-29-35-42-49-56-69(5)6)66-91-95(83,84)89-62-71(78)63-90-96(85,86)92-67-73(93-76(81)60-53-46-39-32-26-22-16-14-15-19-23-28-34-41-48-55-68(3)4)65-88-75(80)59-52-45-38-31-25-21-18-17-20-24-30-36-43-50-57-70(7)9-2/h68-73,78H,8-67H2,1-7H3,(H,83,84)(H,85,86)/t70?,71-,72+,73+/m0/s1. The Balaban J connectivity index is 5.21. The van der Waals surface area contributed by atoms with E-state index in [0.29, 0.717) is 25.7 Å². The number of hydrogen-bond donors (Lipinski definition) is 3. The molecule has 3 unspecified atom stereocenters. The fraction of sp³-hybridized carbons (Fsp3) is 0.948. The number of aliphatic hydroxyl groups excluding tert-OH is 1. The van der Waals surface area contributed by atoms with Gasteiger partial charge in [0.2, 0.25) is 0 Å². The molecule has 96 heavy (non-hydrogen) atoms. The minimum Gasteiger partial charge on any atom is -0.462 e. The van der Waals surface area contributed by atoms with Gasteiger partial charge >= 0.3 is 39.5 Å². The number of esters is 4. The molecule has 0 bridgehead atoms. The summed E-state index contributed by atoms with van der Waals surface area (Å²) in [6, 6.07) is 0. The van der Waals surface area contributed by atoms with Gasteiger partial charge in [0.1, 0.15) is 19.3 Å². The van der Waals surface area contributed by atoms with Gasteiger partial charge in [0.05, 0.1) is 26.4 Å². The van der Waals surface area contributed by atoms with E-state index in [-0.39, 0.29) is 25.7 Å². The smallest absolute Gasteiger partial charge is 0.462 e. The molecule has 0 spiro atoms. The largest absolute Gasteiger partial charge is 0.472 e. The van der Waals surface area contributed by atoms with Crippen LogP contribution in [0.25, 0.3) is 0 Å². The molecular formula is C77H150O17P2. The van der Waals surface area contributed by atoms with Gasteiger partial charge in [-0.25, -0.2) is 9.13 Å². The van der Waals surface area contributed by atoms with Crippen molar-refractivity contribution in [1.29, 1.82) is 0 Å². The van der Waals surface area contributed by atoms with E-state index in [1.807, 2.05) is 0 Å². The van der Waals surface area contributed by atoms with Gasteiger partial charge in [-0.3, -0.25) is 37.3 Å². The lowest BCUT2D eigenvalue weighted by Crippen LogP contribution is -2.30. The Morgan fingerprint density at radius 3 is 0.792 bits per heavy atom. The Hall–Kier alpha value is -1.94. The Labute approximate surface area is 588 Å². The van der Waals surface area contributed by atoms with E-state index in [1.54, 1.807) is 0 Å². The molecule has 0 amide bonds. The highest BCUT2D eigenvalue weighted by molar-refractivity contribution is 7.47. The maximum atomic E-state index is 13.1. The third kappa shape index (κ3) is 69.2. The van der Waals surface area contributed by atoms with Crippen molar-refractivity contribution in [1.82, 2.24) is 0 Å². The normalized spacial score (nSPS) is 14.3. The van der Waals surface area contributed by atoms with E-state index in [9.17, 15) is 43.2 Å². The van der Waals surface area contributed by atoms with Crippen molar-refractivity contribution < 1.29 is 80.2 Å². The first-order valence-corrected chi connectivity index (χ1v) is 42.9. The number of hydrogen-bond acceptors (Lipinski definition) is 15. The summed E-state index contributed by atoms with van der Waals surface area (Å²) in [7, 11) is -9.91. The third-order valence-corrected chi connectivity index (χ3v) is 20.1. The molecule has 0 saturated heterocycles. The van der Waals surface area contributed by atoms with Crippen LogP contribution in [-0.2, 0) is 65.4 Å². The van der Waals surface area contributed by atoms with Crippen LogP contribution in [0.1, 0.15) is 395 Å². The second kappa shape index (κ2) is 67.5. The van der Waals surface area contributed by atoms with Crippen molar-refractivity contribution in [2.24, 2.45) is 17.8 Å². The molecule has 17 nitrogen and oxygen atoms in total. The summed E-state index contributed by atoms with van der Waals surface area (Å²) in [5.74, 6) is 0.270. The van der Waals surface area contributed by atoms with Crippen LogP contribution in [0.5, 0.6) is 0 Å². The van der Waals surface area contributed by atoms with Gasteiger partial charge in [-0.1, -0.05) is 344 Å². The minimum absolute atomic E-state index is 0.105. The van der Waals surface area contributed by atoms with Gasteiger partial charge in [-0.15, -0.1) is 0 Å². The molecule has 0 heterocycles. The van der Waals surface area contributed by atoms with Crippen LogP contribution >= 0.6 is 15.6 Å². The SMILES string of the molecule is CCCCCCCCCCC(=O)OC[C@H](COP(=O)(O)OC[C@H](O)COP(=O)(O)OC[C@@H](COC(=O)CCCCCCCCCCCCCCCCC(C)CC)OC(=O)CCCCCCCCCCCCCCCCCC(C)C)OC(=O)CCCCCCCCCCCC(C)C. The summed E-state index contributed by atoms with van der Waals surface area (Å²) in [6.07, 6.45) is 54.1. The average Bonchev–Trinajstić information content (AvgIpc) is 1.79. The summed E-state index contributed by atoms with van der Waals surface area (Å²) >= 11 is 0. The fourth-order valence-electron chi connectivity index (χ4n) is 11.7. The van der Waals surface area contributed by atoms with Gasteiger partial charge in [0.15, 0.2) is 12.2 Å². The lowest BCUT2D eigenvalue weighted by Gasteiger charge is -2.21. The molecule has 0 aromatic rings. The summed E-state index contributed by atoms with van der Waals surface area (Å²) in [5, 5.41) is 10.6. The fourth-order valence-corrected chi connectivity index (χ4v) is 13.3. The second-order valence-electron chi connectivity index (χ2n) is 28.9. The van der Waals surface area contributed by atoms with Gasteiger partial charge in [0.25, 0.3) is 0 Å². The molecule has 0 aliphatic carbocycles. The number of carbonyl (C=O) groups excluding carboxylic acids is 4. The van der Waals surface area contributed by atoms with E-state index < -0.39 is 97.5 Å². The Kier molecular flexibility index (Phi) is 66.2. The highest BCUT2D eigenvalue weighted by Gasteiger charge is 2.30. The molecule has 6 atom stereocenters. The monoisotopic (exact) mass is 1410 g/mol. The van der Waals surface area contributed by atoms with E-state index in [2.05, 4.69) is 48.5 Å². The second-order valence-corrected chi connectivity index (χ2v) is 31.8. The molecule has 0 aromatic carbocycles. The van der Waals surface area contributed by atoms with E-state index >= 15 is 0 Å². The average molecular weight is 1410 g/mol. The quantitative estimate of drug-likeness (QED) is 0.0222. The van der Waals surface area contributed by atoms with Crippen molar-refractivity contribution in [3.05, 3.63) is 0 Å². The predicted octanol–water partition coefficient (Wildman–Crippen LogP) is 22.6. The van der Waals surface area contributed by atoms with Crippen LogP contribution in [0.2, 0.25) is 0 Å². The molecule has 0 aliphatic heterocycles. The number of rotatable bonds is 75. The maximum Gasteiger partial charge on any atom is 0.472 e. The van der Waals surface area contributed by atoms with Gasteiger partial charge in [0, 0.05) is 25.7 Å². The summed E-state index contributed by atoms with van der Waals surface area (Å²) in [4.78, 5) is 72.8. The van der Waals surface area contributed by atoms with Crippen molar-refractivity contribution in [2.45, 2.75) is 414 Å². The van der Waals surface area contributed by atoms with Crippen LogP contribution in [0.15, 0.2) is 0 Å². The molecule has 0 saturated carbocycles. The number of phosphoric acid groups is 2. The lowest BCUT2D eigenvalue weighted by molar-refractivity contribution is -0.161. The zero-order chi connectivity index (χ0) is 70.9. The van der Waals surface area contributed by atoms with Crippen LogP contribution in [-0.4, -0.2) is 96.7 Å². The van der Waals surface area contributed by atoms with E-state index in [1.165, 1.54) is 199 Å². The number of aliphatic hydroxyl groups is 1. The van der Waals surface area contributed by atoms with Crippen molar-refractivity contribution >= 4 is 39.5 Å². The Morgan fingerprint density at radius 1 is 0.302 bits per heavy atom. The molecule has 0 radical (unpaired) electrons. The van der Waals surface area contributed by atoms with Crippen molar-refractivity contribution in [2.75, 3.05) is 39.6 Å². The number of unbranched alkanes of at least 4 members (excludes halogenated alkanes) is 42. The zero-order valence-corrected chi connectivity index (χ0v) is 64.6. The van der Waals surface area contributed by atoms with Crippen LogP contribution in [0.3, 0.4) is 0 Å². The molecular weight excluding hydrogens is 1260 g/mol.